The highest BCUT2D eigenvalue weighted by Crippen LogP contribution is 2.19. The molecule has 0 aromatic heterocycles. The molecule has 0 aliphatic heterocycles. The van der Waals surface area contributed by atoms with Gasteiger partial charge in [0.15, 0.2) is 0 Å². The van der Waals surface area contributed by atoms with Gasteiger partial charge in [0, 0.05) is 0 Å². The molecule has 0 unspecified atom stereocenters. The van der Waals surface area contributed by atoms with E-state index in [1.165, 1.54) is 0 Å². The van der Waals surface area contributed by atoms with Gasteiger partial charge >= 0.3 is 10.4 Å². The molecule has 0 atom stereocenters. The van der Waals surface area contributed by atoms with E-state index >= 15 is 0 Å². The minimum atomic E-state index is -0.525. The average molecular weight is 162 g/mol. The van der Waals surface area contributed by atoms with Crippen LogP contribution >= 0.6 is 0 Å². The molecule has 0 aromatic rings. The quantitative estimate of drug-likeness (QED) is 0.292. The smallest absolute Gasteiger partial charge is 0.352 e. The maximum atomic E-state index is 10.3. The largest absolute Gasteiger partial charge is 0.622 e. The summed E-state index contributed by atoms with van der Waals surface area (Å²) >= 11 is 0. The second-order valence-electron chi connectivity index (χ2n) is 3.32. The lowest BCUT2D eigenvalue weighted by atomic mass is 10.3. The van der Waals surface area contributed by atoms with E-state index in [0.29, 0.717) is 10.4 Å². The Morgan fingerprint density at radius 3 is 2.11 bits per heavy atom. The summed E-state index contributed by atoms with van der Waals surface area (Å²) < 4.78 is 4.68. The third-order valence-corrected chi connectivity index (χ3v) is 3.08. The zero-order valence-electron chi connectivity index (χ0n) is 6.51. The molecule has 0 radical (unpaired) electrons. The topological polar surface area (TPSA) is 38.4 Å². The Balaban J connectivity index is 3.64. The van der Waals surface area contributed by atoms with E-state index in [0.717, 1.165) is 4.53 Å². The Labute approximate surface area is 61.1 Å². The molecular formula is C4H14N2OSi2. The van der Waals surface area contributed by atoms with Crippen LogP contribution in [0.3, 0.4) is 0 Å². The first kappa shape index (κ1) is 8.83. The fourth-order valence-electron chi connectivity index (χ4n) is 0.312. The zero-order valence-corrected chi connectivity index (χ0v) is 9.92. The molecule has 3 nitrogen and oxygen atoms in total. The highest BCUT2D eigenvalue weighted by atomic mass is 28.2. The van der Waals surface area contributed by atoms with Gasteiger partial charge < -0.3 is 5.21 Å². The van der Waals surface area contributed by atoms with Gasteiger partial charge in [-0.05, 0) is 5.04 Å². The van der Waals surface area contributed by atoms with Gasteiger partial charge in [-0.1, -0.05) is 20.8 Å². The molecule has 0 amide bonds. The summed E-state index contributed by atoms with van der Waals surface area (Å²) in [6.45, 7) is 6.36. The maximum Gasteiger partial charge on any atom is 0.352 e. The van der Waals surface area contributed by atoms with Crippen molar-refractivity contribution in [3.8, 4) is 0 Å². The lowest BCUT2D eigenvalue weighted by Crippen LogP contribution is -2.08. The van der Waals surface area contributed by atoms with Crippen LogP contribution in [0, 0.1) is 5.21 Å². The van der Waals surface area contributed by atoms with Crippen molar-refractivity contribution in [1.29, 1.82) is 0 Å². The molecule has 5 heteroatoms. The SMILES string of the molecule is CC(C)(C)[SiH2]N=[N+]([O-])[SiH3]. The Kier molecular flexibility index (Phi) is 3.06. The molecule has 54 valence electrons. The molecule has 9 heavy (non-hydrogen) atoms. The normalized spacial score (nSPS) is 15.7. The molecule has 0 saturated carbocycles. The first-order valence-corrected chi connectivity index (χ1v) is 5.23. The van der Waals surface area contributed by atoms with E-state index < -0.39 is 9.68 Å². The molecule has 0 aliphatic carbocycles. The molecule has 0 heterocycles. The van der Waals surface area contributed by atoms with Crippen LogP contribution in [0.15, 0.2) is 4.78 Å². The van der Waals surface area contributed by atoms with Gasteiger partial charge in [-0.25, -0.2) is 0 Å². The lowest BCUT2D eigenvalue weighted by molar-refractivity contribution is -0.362. The van der Waals surface area contributed by atoms with Crippen molar-refractivity contribution in [3.63, 3.8) is 0 Å². The second kappa shape index (κ2) is 3.12. The van der Waals surface area contributed by atoms with E-state index in [1.54, 1.807) is 0 Å². The fourth-order valence-corrected chi connectivity index (χ4v) is 1.36. The molecule has 0 rings (SSSR count). The van der Waals surface area contributed by atoms with E-state index in [4.69, 9.17) is 0 Å². The van der Waals surface area contributed by atoms with E-state index in [-0.39, 0.29) is 5.04 Å². The summed E-state index contributed by atoms with van der Waals surface area (Å²) in [7, 11) is -0.0165. The average Bonchev–Trinajstić information content (AvgIpc) is 1.59. The van der Waals surface area contributed by atoms with Crippen molar-refractivity contribution < 1.29 is 4.53 Å². The standard InChI is InChI=1S/C4H14N2OSi2/c1-4(2,3)9-5-6(7)8/h9H2,1-3,8H3. The summed E-state index contributed by atoms with van der Waals surface area (Å²) in [5, 5.41) is 10.6. The van der Waals surface area contributed by atoms with Crippen molar-refractivity contribution in [2.75, 3.05) is 0 Å². The Hall–Kier alpha value is -0.166. The predicted molar refractivity (Wildman–Crippen MR) is 44.3 cm³/mol. The van der Waals surface area contributed by atoms with Gasteiger partial charge in [-0.3, -0.25) is 0 Å². The zero-order chi connectivity index (χ0) is 7.49. The van der Waals surface area contributed by atoms with Crippen LogP contribution in [-0.2, 0) is 0 Å². The summed E-state index contributed by atoms with van der Waals surface area (Å²) in [4.78, 5) is 0. The van der Waals surface area contributed by atoms with Crippen molar-refractivity contribution in [2.45, 2.75) is 25.8 Å². The monoisotopic (exact) mass is 162 g/mol. The molecule has 0 aliphatic rings. The summed E-state index contributed by atoms with van der Waals surface area (Å²) in [6, 6.07) is 0. The first-order valence-electron chi connectivity index (χ1n) is 3.00. The minimum Gasteiger partial charge on any atom is -0.622 e. The Bertz CT molecular complexity index is 114. The van der Waals surface area contributed by atoms with Crippen molar-refractivity contribution in [3.05, 3.63) is 5.21 Å². The first-order chi connectivity index (χ1) is 3.92. The second-order valence-corrected chi connectivity index (χ2v) is 6.81. The lowest BCUT2D eigenvalue weighted by Gasteiger charge is -2.10. The van der Waals surface area contributed by atoms with Gasteiger partial charge in [-0.2, -0.15) is 4.53 Å². The predicted octanol–water partition coefficient (Wildman–Crippen LogP) is -0.469. The van der Waals surface area contributed by atoms with Crippen LogP contribution in [0.1, 0.15) is 20.8 Å². The third-order valence-electron chi connectivity index (χ3n) is 0.744. The van der Waals surface area contributed by atoms with Crippen LogP contribution in [-0.4, -0.2) is 24.6 Å². The number of nitrogens with zero attached hydrogens (tertiary/aromatic N) is 2. The summed E-state index contributed by atoms with van der Waals surface area (Å²) in [5.41, 5.74) is 0. The van der Waals surface area contributed by atoms with Gasteiger partial charge in [0.05, 0.1) is 0 Å². The summed E-state index contributed by atoms with van der Waals surface area (Å²) in [5.74, 6) is 0. The molecule has 0 fully saturated rings. The van der Waals surface area contributed by atoms with E-state index in [1.807, 2.05) is 0 Å². The van der Waals surface area contributed by atoms with Crippen LogP contribution in [0.2, 0.25) is 5.04 Å². The Morgan fingerprint density at radius 2 is 2.00 bits per heavy atom. The van der Waals surface area contributed by atoms with Crippen LogP contribution in [0.4, 0.5) is 0 Å². The molecule has 0 saturated heterocycles. The van der Waals surface area contributed by atoms with Crippen molar-refractivity contribution in [2.24, 2.45) is 4.78 Å². The molecule has 0 N–H and O–H groups in total. The Morgan fingerprint density at radius 1 is 1.56 bits per heavy atom. The third kappa shape index (κ3) is 7.83. The fraction of sp³-hybridized carbons (Fsp3) is 1.00. The number of hydrogen-bond acceptors (Lipinski definition) is 2. The highest BCUT2D eigenvalue weighted by molar-refractivity contribution is 6.36. The van der Waals surface area contributed by atoms with Crippen molar-refractivity contribution >= 4 is 20.1 Å². The number of rotatable bonds is 1. The van der Waals surface area contributed by atoms with E-state index in [9.17, 15) is 5.21 Å². The van der Waals surface area contributed by atoms with Gasteiger partial charge in [-0.15, -0.1) is 4.78 Å². The number of hydrogen-bond donors (Lipinski definition) is 0. The molecule has 0 spiro atoms. The van der Waals surface area contributed by atoms with Gasteiger partial charge in [0.25, 0.3) is 0 Å². The molecule has 0 bridgehead atoms. The van der Waals surface area contributed by atoms with Crippen molar-refractivity contribution in [1.82, 2.24) is 0 Å². The van der Waals surface area contributed by atoms with Crippen LogP contribution in [0.5, 0.6) is 0 Å². The molecular weight excluding hydrogens is 148 g/mol. The van der Waals surface area contributed by atoms with Crippen LogP contribution in [0.25, 0.3) is 0 Å². The minimum absolute atomic E-state index is 0.285. The van der Waals surface area contributed by atoms with Gasteiger partial charge in [0.1, 0.15) is 0 Å². The van der Waals surface area contributed by atoms with Gasteiger partial charge in [0.2, 0.25) is 9.68 Å². The maximum absolute atomic E-state index is 10.3. The highest BCUT2D eigenvalue weighted by Gasteiger charge is 2.11. The van der Waals surface area contributed by atoms with E-state index in [2.05, 4.69) is 25.6 Å². The van der Waals surface area contributed by atoms with Crippen LogP contribution < -0.4 is 0 Å². The molecule has 0 aromatic carbocycles. The summed E-state index contributed by atoms with van der Waals surface area (Å²) in [6.07, 6.45) is 0.